The van der Waals surface area contributed by atoms with E-state index in [1.807, 2.05) is 0 Å². The van der Waals surface area contributed by atoms with E-state index < -0.39 is 6.09 Å². The van der Waals surface area contributed by atoms with Gasteiger partial charge >= 0.3 is 6.09 Å². The first-order valence-corrected chi connectivity index (χ1v) is 6.72. The molecule has 0 radical (unpaired) electrons. The number of ketones is 1. The van der Waals surface area contributed by atoms with Gasteiger partial charge in [-0.25, -0.2) is 9.80 Å². The summed E-state index contributed by atoms with van der Waals surface area (Å²) < 4.78 is 4.92. The number of nitrogens with zero attached hydrogens (tertiary/aromatic N) is 3. The number of hydrazone groups is 1. The molecule has 0 aromatic heterocycles. The van der Waals surface area contributed by atoms with Crippen LogP contribution in [0.5, 0.6) is 0 Å². The summed E-state index contributed by atoms with van der Waals surface area (Å²) in [6.45, 7) is 3.42. The number of Topliss-reactive ketones (excluding diaryl/α,β-unsaturated/α-hetero) is 1. The van der Waals surface area contributed by atoms with Gasteiger partial charge in [0.2, 0.25) is 5.84 Å². The Morgan fingerprint density at radius 1 is 1.38 bits per heavy atom. The van der Waals surface area contributed by atoms with E-state index >= 15 is 0 Å². The molecule has 0 bridgehead atoms. The molecule has 0 saturated carbocycles. The highest BCUT2D eigenvalue weighted by atomic mass is 35.5. The molecule has 7 nitrogen and oxygen atoms in total. The van der Waals surface area contributed by atoms with Crippen molar-refractivity contribution < 1.29 is 14.3 Å². The van der Waals surface area contributed by atoms with E-state index in [1.165, 1.54) is 16.9 Å². The molecule has 1 amide bonds. The van der Waals surface area contributed by atoms with E-state index in [-0.39, 0.29) is 24.9 Å². The lowest BCUT2D eigenvalue weighted by atomic mass is 10.3. The van der Waals surface area contributed by atoms with E-state index in [2.05, 4.69) is 10.5 Å². The number of hydrogen-bond acceptors (Lipinski definition) is 6. The number of amides is 1. The van der Waals surface area contributed by atoms with Crippen molar-refractivity contribution in [3.8, 4) is 0 Å². The number of carbonyl (C=O) groups excluding carboxylic acids is 2. The van der Waals surface area contributed by atoms with Crippen LogP contribution in [0.4, 0.5) is 10.5 Å². The Morgan fingerprint density at radius 3 is 2.62 bits per heavy atom. The smallest absolute Gasteiger partial charge is 0.430 e. The van der Waals surface area contributed by atoms with Crippen LogP contribution in [0.1, 0.15) is 13.8 Å². The number of halogens is 1. The Hall–Kier alpha value is -2.28. The average Bonchev–Trinajstić information content (AvgIpc) is 2.47. The number of anilines is 1. The van der Waals surface area contributed by atoms with Crippen molar-refractivity contribution in [1.29, 1.82) is 0 Å². The Labute approximate surface area is 127 Å². The van der Waals surface area contributed by atoms with Crippen molar-refractivity contribution in [2.75, 3.05) is 18.3 Å². The molecule has 0 unspecified atom stereocenters. The largest absolute Gasteiger partial charge is 0.448 e. The monoisotopic (exact) mass is 310 g/mol. The van der Waals surface area contributed by atoms with Crippen molar-refractivity contribution >= 4 is 35.0 Å². The van der Waals surface area contributed by atoms with Gasteiger partial charge in [0.05, 0.1) is 12.3 Å². The summed E-state index contributed by atoms with van der Waals surface area (Å²) >= 11 is 5.84. The second-order valence-electron chi connectivity index (χ2n) is 4.26. The number of hydrazine groups is 1. The van der Waals surface area contributed by atoms with Crippen molar-refractivity contribution in [3.05, 3.63) is 29.3 Å². The molecule has 0 spiro atoms. The van der Waals surface area contributed by atoms with Crippen LogP contribution in [0, 0.1) is 0 Å². The highest BCUT2D eigenvalue weighted by molar-refractivity contribution is 6.38. The summed E-state index contributed by atoms with van der Waals surface area (Å²) in [4.78, 5) is 23.4. The molecule has 21 heavy (non-hydrogen) atoms. The third-order valence-corrected chi connectivity index (χ3v) is 2.94. The third kappa shape index (κ3) is 3.63. The molecule has 0 saturated heterocycles. The van der Waals surface area contributed by atoms with Crippen LogP contribution in [0.25, 0.3) is 0 Å². The van der Waals surface area contributed by atoms with Crippen LogP contribution in [0.15, 0.2) is 29.4 Å². The zero-order valence-electron chi connectivity index (χ0n) is 11.7. The molecule has 1 aromatic carbocycles. The fourth-order valence-electron chi connectivity index (χ4n) is 1.68. The Kier molecular flexibility index (Phi) is 4.64. The minimum Gasteiger partial charge on any atom is -0.448 e. The molecule has 0 aliphatic carbocycles. The average molecular weight is 311 g/mol. The van der Waals surface area contributed by atoms with E-state index in [4.69, 9.17) is 16.3 Å². The normalized spacial score (nSPS) is 14.3. The van der Waals surface area contributed by atoms with Crippen molar-refractivity contribution in [1.82, 2.24) is 10.4 Å². The lowest BCUT2D eigenvalue weighted by Crippen LogP contribution is -2.56. The van der Waals surface area contributed by atoms with Crippen LogP contribution in [0.3, 0.4) is 0 Å². The lowest BCUT2D eigenvalue weighted by molar-refractivity contribution is -0.111. The maximum Gasteiger partial charge on any atom is 0.430 e. The molecule has 0 fully saturated rings. The van der Waals surface area contributed by atoms with Crippen LogP contribution < -0.4 is 10.4 Å². The summed E-state index contributed by atoms with van der Waals surface area (Å²) in [5, 5.41) is 7.46. The van der Waals surface area contributed by atoms with Crippen molar-refractivity contribution in [3.63, 3.8) is 0 Å². The van der Waals surface area contributed by atoms with E-state index in [9.17, 15) is 9.59 Å². The van der Waals surface area contributed by atoms with Gasteiger partial charge in [-0.15, -0.1) is 5.10 Å². The van der Waals surface area contributed by atoms with Crippen LogP contribution >= 0.6 is 11.6 Å². The lowest BCUT2D eigenvalue weighted by Gasteiger charge is -2.33. The summed E-state index contributed by atoms with van der Waals surface area (Å²) in [6, 6.07) is 6.91. The molecular formula is C13H15ClN4O3. The second kappa shape index (κ2) is 6.45. The highest BCUT2D eigenvalue weighted by Crippen LogP contribution is 2.20. The fraction of sp³-hybridized carbons (Fsp3) is 0.308. The van der Waals surface area contributed by atoms with Gasteiger partial charge in [-0.3, -0.25) is 10.2 Å². The van der Waals surface area contributed by atoms with Gasteiger partial charge in [0.15, 0.2) is 5.78 Å². The quantitative estimate of drug-likeness (QED) is 0.924. The maximum atomic E-state index is 11.8. The molecule has 1 heterocycles. The SMILES string of the molecule is CCOC(=O)N1CN(c2ccc(Cl)cc2)N=C(C(C)=O)N1. The number of benzene rings is 1. The summed E-state index contributed by atoms with van der Waals surface area (Å²) in [5.41, 5.74) is 3.34. The topological polar surface area (TPSA) is 74.2 Å². The number of amidine groups is 1. The van der Waals surface area contributed by atoms with Gasteiger partial charge in [-0.05, 0) is 31.2 Å². The summed E-state index contributed by atoms with van der Waals surface area (Å²) in [7, 11) is 0. The Bertz CT molecular complexity index is 573. The second-order valence-corrected chi connectivity index (χ2v) is 4.70. The number of nitrogens with one attached hydrogen (secondary N) is 1. The van der Waals surface area contributed by atoms with E-state index in [1.54, 1.807) is 31.2 Å². The minimum absolute atomic E-state index is 0.0595. The first-order chi connectivity index (χ1) is 10.0. The Morgan fingerprint density at radius 2 is 2.05 bits per heavy atom. The molecule has 1 N–H and O–H groups in total. The number of carbonyl (C=O) groups is 2. The molecule has 1 aliphatic rings. The molecule has 0 atom stereocenters. The molecule has 1 aromatic rings. The molecule has 8 heteroatoms. The van der Waals surface area contributed by atoms with Crippen molar-refractivity contribution in [2.45, 2.75) is 13.8 Å². The fourth-order valence-corrected chi connectivity index (χ4v) is 1.80. The Balaban J connectivity index is 2.27. The predicted octanol–water partition coefficient (Wildman–Crippen LogP) is 1.98. The number of ether oxygens (including phenoxy) is 1. The van der Waals surface area contributed by atoms with Gasteiger partial charge < -0.3 is 4.74 Å². The standard InChI is InChI=1S/C13H15ClN4O3/c1-3-21-13(20)18-8-17(15-12(16-18)9(2)19)11-6-4-10(14)5-7-11/h4-7H,3,8H2,1-2H3,(H,15,16). The number of hydrogen-bond donors (Lipinski definition) is 1. The summed E-state index contributed by atoms with van der Waals surface area (Å²) in [6.07, 6.45) is -0.579. The van der Waals surface area contributed by atoms with E-state index in [0.29, 0.717) is 10.7 Å². The first-order valence-electron chi connectivity index (χ1n) is 6.35. The zero-order valence-corrected chi connectivity index (χ0v) is 12.4. The van der Waals surface area contributed by atoms with Crippen LogP contribution in [0.2, 0.25) is 5.02 Å². The molecule has 2 rings (SSSR count). The maximum absolute atomic E-state index is 11.8. The molecule has 1 aliphatic heterocycles. The molecular weight excluding hydrogens is 296 g/mol. The van der Waals surface area contributed by atoms with Gasteiger partial charge in [-0.2, -0.15) is 5.01 Å². The van der Waals surface area contributed by atoms with Gasteiger partial charge in [0, 0.05) is 11.9 Å². The summed E-state index contributed by atoms with van der Waals surface area (Å²) in [5.74, 6) is -0.229. The molecule has 112 valence electrons. The highest BCUT2D eigenvalue weighted by Gasteiger charge is 2.26. The van der Waals surface area contributed by atoms with Crippen LogP contribution in [-0.2, 0) is 9.53 Å². The van der Waals surface area contributed by atoms with Crippen molar-refractivity contribution in [2.24, 2.45) is 5.10 Å². The zero-order chi connectivity index (χ0) is 15.4. The van der Waals surface area contributed by atoms with Crippen LogP contribution in [-0.4, -0.2) is 36.0 Å². The first kappa shape index (κ1) is 15.1. The van der Waals surface area contributed by atoms with Gasteiger partial charge in [0.25, 0.3) is 0 Å². The predicted molar refractivity (Wildman–Crippen MR) is 78.9 cm³/mol. The van der Waals surface area contributed by atoms with Gasteiger partial charge in [-0.1, -0.05) is 11.6 Å². The third-order valence-electron chi connectivity index (χ3n) is 2.68. The minimum atomic E-state index is -0.579. The van der Waals surface area contributed by atoms with E-state index in [0.717, 1.165) is 0 Å². The van der Waals surface area contributed by atoms with Gasteiger partial charge in [0.1, 0.15) is 6.67 Å². The number of rotatable bonds is 3.